The van der Waals surface area contributed by atoms with E-state index in [1.807, 2.05) is 26.1 Å². The second kappa shape index (κ2) is 7.87. The monoisotopic (exact) mass is 352 g/mol. The number of likely N-dealkylation sites (N-methyl/N-ethyl adjacent to an activating group) is 1. The molecule has 1 N–H and O–H groups in total. The van der Waals surface area contributed by atoms with Gasteiger partial charge in [0, 0.05) is 50.0 Å². The topological polar surface area (TPSA) is 48.5 Å². The molecule has 2 aromatic rings. The Bertz CT molecular complexity index is 771. The van der Waals surface area contributed by atoms with Gasteiger partial charge in [0.15, 0.2) is 0 Å². The van der Waals surface area contributed by atoms with E-state index in [-0.39, 0.29) is 5.91 Å². The van der Waals surface area contributed by atoms with E-state index >= 15 is 0 Å². The Balaban J connectivity index is 1.73. The summed E-state index contributed by atoms with van der Waals surface area (Å²) in [5.74, 6) is 0.964. The zero-order valence-electron chi connectivity index (χ0n) is 16.2. The summed E-state index contributed by atoms with van der Waals surface area (Å²) in [4.78, 5) is 22.0. The highest BCUT2D eigenvalue weighted by molar-refractivity contribution is 5.97. The molecule has 1 aromatic carbocycles. The molecule has 0 spiro atoms. The molecule has 5 nitrogen and oxygen atoms in total. The summed E-state index contributed by atoms with van der Waals surface area (Å²) < 4.78 is 0. The Labute approximate surface area is 156 Å². The maximum absolute atomic E-state index is 12.7. The van der Waals surface area contributed by atoms with Crippen LogP contribution in [-0.4, -0.2) is 49.0 Å². The summed E-state index contributed by atoms with van der Waals surface area (Å²) >= 11 is 0. The number of amides is 1. The fourth-order valence-corrected chi connectivity index (χ4v) is 3.67. The summed E-state index contributed by atoms with van der Waals surface area (Å²) in [5.41, 5.74) is 5.06. The van der Waals surface area contributed by atoms with Crippen molar-refractivity contribution in [1.29, 1.82) is 0 Å². The first-order valence-electron chi connectivity index (χ1n) is 9.19. The van der Waals surface area contributed by atoms with Crippen LogP contribution in [0.5, 0.6) is 0 Å². The number of carbonyl (C=O) groups is 1. The molecule has 0 radical (unpaired) electrons. The Morgan fingerprint density at radius 1 is 1.12 bits per heavy atom. The molecule has 2 heterocycles. The quantitative estimate of drug-likeness (QED) is 0.919. The lowest BCUT2D eigenvalue weighted by atomic mass is 9.99. The number of nitrogens with zero attached hydrogens (tertiary/aromatic N) is 3. The maximum atomic E-state index is 12.7. The maximum Gasteiger partial charge on any atom is 0.252 e. The van der Waals surface area contributed by atoms with E-state index in [1.165, 1.54) is 5.56 Å². The molecule has 1 fully saturated rings. The molecule has 1 aliphatic rings. The van der Waals surface area contributed by atoms with E-state index in [1.54, 1.807) is 0 Å². The number of aromatic nitrogens is 1. The van der Waals surface area contributed by atoms with Crippen LogP contribution in [0.4, 0.5) is 5.82 Å². The largest absolute Gasteiger partial charge is 0.354 e. The molecule has 3 rings (SSSR count). The number of pyridine rings is 1. The minimum absolute atomic E-state index is 0.0202. The molecule has 0 atom stereocenters. The lowest BCUT2D eigenvalue weighted by molar-refractivity contribution is 0.0949. The van der Waals surface area contributed by atoms with Crippen molar-refractivity contribution in [3.05, 3.63) is 58.3 Å². The van der Waals surface area contributed by atoms with E-state index < -0.39 is 0 Å². The van der Waals surface area contributed by atoms with Crippen LogP contribution in [0, 0.1) is 20.8 Å². The van der Waals surface area contributed by atoms with Crippen LogP contribution in [0.15, 0.2) is 30.5 Å². The number of benzene rings is 1. The van der Waals surface area contributed by atoms with Crippen LogP contribution in [0.2, 0.25) is 0 Å². The molecule has 0 bridgehead atoms. The third-order valence-electron chi connectivity index (χ3n) is 5.01. The molecular formula is C21H28N4O. The Morgan fingerprint density at radius 2 is 1.77 bits per heavy atom. The Morgan fingerprint density at radius 3 is 2.42 bits per heavy atom. The van der Waals surface area contributed by atoms with E-state index in [0.29, 0.717) is 6.54 Å². The van der Waals surface area contributed by atoms with Gasteiger partial charge in [-0.2, -0.15) is 0 Å². The summed E-state index contributed by atoms with van der Waals surface area (Å²) in [7, 11) is 2.14. The van der Waals surface area contributed by atoms with E-state index in [0.717, 1.165) is 54.3 Å². The second-order valence-corrected chi connectivity index (χ2v) is 7.23. The van der Waals surface area contributed by atoms with Crippen molar-refractivity contribution in [2.45, 2.75) is 27.3 Å². The van der Waals surface area contributed by atoms with Crippen LogP contribution >= 0.6 is 0 Å². The number of piperazine rings is 1. The third-order valence-corrected chi connectivity index (χ3v) is 5.01. The van der Waals surface area contributed by atoms with Gasteiger partial charge in [-0.15, -0.1) is 0 Å². The lowest BCUT2D eigenvalue weighted by Gasteiger charge is -2.34. The van der Waals surface area contributed by atoms with Crippen LogP contribution in [0.1, 0.15) is 32.6 Å². The summed E-state index contributed by atoms with van der Waals surface area (Å²) in [6.07, 6.45) is 1.83. The van der Waals surface area contributed by atoms with Gasteiger partial charge < -0.3 is 15.1 Å². The average molecular weight is 352 g/mol. The van der Waals surface area contributed by atoms with Crippen molar-refractivity contribution < 1.29 is 4.79 Å². The van der Waals surface area contributed by atoms with Crippen molar-refractivity contribution in [3.63, 3.8) is 0 Å². The highest BCUT2D eigenvalue weighted by Crippen LogP contribution is 2.20. The molecule has 1 aliphatic heterocycles. The Kier molecular flexibility index (Phi) is 5.57. The smallest absolute Gasteiger partial charge is 0.252 e. The Hall–Kier alpha value is -2.40. The zero-order valence-corrected chi connectivity index (χ0v) is 16.2. The summed E-state index contributed by atoms with van der Waals surface area (Å²) in [6.45, 7) is 10.5. The number of aryl methyl sites for hydroxylation is 3. The van der Waals surface area contributed by atoms with E-state index in [2.05, 4.69) is 52.3 Å². The molecule has 5 heteroatoms. The minimum atomic E-state index is -0.0202. The highest BCUT2D eigenvalue weighted by atomic mass is 16.1. The van der Waals surface area contributed by atoms with Gasteiger partial charge in [-0.1, -0.05) is 23.8 Å². The van der Waals surface area contributed by atoms with Gasteiger partial charge >= 0.3 is 0 Å². The van der Waals surface area contributed by atoms with Gasteiger partial charge in [0.05, 0.1) is 0 Å². The number of nitrogens with one attached hydrogen (secondary N) is 1. The van der Waals surface area contributed by atoms with Crippen LogP contribution in [0.25, 0.3) is 0 Å². The van der Waals surface area contributed by atoms with Crippen LogP contribution in [0.3, 0.4) is 0 Å². The molecule has 138 valence electrons. The fraction of sp³-hybridized carbons (Fsp3) is 0.429. The van der Waals surface area contributed by atoms with Crippen LogP contribution in [-0.2, 0) is 6.54 Å². The second-order valence-electron chi connectivity index (χ2n) is 7.23. The number of hydrogen-bond donors (Lipinski definition) is 1. The fourth-order valence-electron chi connectivity index (χ4n) is 3.67. The molecule has 1 amide bonds. The van der Waals surface area contributed by atoms with E-state index in [9.17, 15) is 4.79 Å². The molecule has 0 unspecified atom stereocenters. The highest BCUT2D eigenvalue weighted by Gasteiger charge is 2.19. The van der Waals surface area contributed by atoms with Crippen molar-refractivity contribution in [3.8, 4) is 0 Å². The van der Waals surface area contributed by atoms with Gasteiger partial charge in [0.2, 0.25) is 0 Å². The van der Waals surface area contributed by atoms with Gasteiger partial charge in [-0.05, 0) is 45.0 Å². The van der Waals surface area contributed by atoms with Crippen molar-refractivity contribution in [2.75, 3.05) is 38.1 Å². The first-order valence-corrected chi connectivity index (χ1v) is 9.19. The van der Waals surface area contributed by atoms with Crippen molar-refractivity contribution in [2.24, 2.45) is 0 Å². The first-order chi connectivity index (χ1) is 12.5. The van der Waals surface area contributed by atoms with Gasteiger partial charge in [-0.3, -0.25) is 4.79 Å². The number of anilines is 1. The lowest BCUT2D eigenvalue weighted by Crippen LogP contribution is -2.45. The number of rotatable bonds is 4. The predicted octanol–water partition coefficient (Wildman–Crippen LogP) is 2.69. The van der Waals surface area contributed by atoms with Gasteiger partial charge in [0.1, 0.15) is 5.82 Å². The molecule has 1 saturated heterocycles. The standard InChI is InChI=1S/C21H28N4O/c1-15-12-16(2)19(17(3)13-15)21(26)23-14-18-6-5-7-22-20(18)25-10-8-24(4)9-11-25/h5-7,12-13H,8-11,14H2,1-4H3,(H,23,26). The average Bonchev–Trinajstić information content (AvgIpc) is 2.60. The SMILES string of the molecule is Cc1cc(C)c(C(=O)NCc2cccnc2N2CCN(C)CC2)c(C)c1. The van der Waals surface area contributed by atoms with Gasteiger partial charge in [0.25, 0.3) is 5.91 Å². The predicted molar refractivity (Wildman–Crippen MR) is 106 cm³/mol. The molecule has 0 saturated carbocycles. The normalized spacial score (nSPS) is 15.2. The van der Waals surface area contributed by atoms with Crippen molar-refractivity contribution >= 4 is 11.7 Å². The number of hydrogen-bond acceptors (Lipinski definition) is 4. The molecular weight excluding hydrogens is 324 g/mol. The third kappa shape index (κ3) is 4.05. The minimum Gasteiger partial charge on any atom is -0.354 e. The molecule has 0 aliphatic carbocycles. The summed E-state index contributed by atoms with van der Waals surface area (Å²) in [5, 5.41) is 3.09. The van der Waals surface area contributed by atoms with E-state index in [4.69, 9.17) is 0 Å². The van der Waals surface area contributed by atoms with Crippen LogP contribution < -0.4 is 10.2 Å². The van der Waals surface area contributed by atoms with Crippen molar-refractivity contribution in [1.82, 2.24) is 15.2 Å². The molecule has 1 aromatic heterocycles. The number of carbonyl (C=O) groups excluding carboxylic acids is 1. The first kappa shape index (κ1) is 18.4. The zero-order chi connectivity index (χ0) is 18.7. The molecule has 26 heavy (non-hydrogen) atoms. The summed E-state index contributed by atoms with van der Waals surface area (Å²) in [6, 6.07) is 8.10. The van der Waals surface area contributed by atoms with Gasteiger partial charge in [-0.25, -0.2) is 4.98 Å².